The second kappa shape index (κ2) is 6.04. The number of rotatable bonds is 4. The summed E-state index contributed by atoms with van der Waals surface area (Å²) in [6.07, 6.45) is 0. The molecule has 0 bridgehead atoms. The number of aryl methyl sites for hydroxylation is 3. The molecule has 3 N–H and O–H groups in total. The van der Waals surface area contributed by atoms with E-state index in [-0.39, 0.29) is 0 Å². The Kier molecular flexibility index (Phi) is 4.36. The summed E-state index contributed by atoms with van der Waals surface area (Å²) in [7, 11) is 3.88. The summed E-state index contributed by atoms with van der Waals surface area (Å²) in [5.41, 5.74) is 11.9. The molecular weight excluding hydrogens is 260 g/mol. The standard InChI is InChI=1S/C17H24N4/c1-11-8-12(2)14(13(3)9-11)10-19-16-7-6-15(18)17(20-16)21(4)5/h6-9H,10,18H2,1-5H3,(H,19,20). The molecule has 1 aromatic carbocycles. The molecule has 0 aliphatic heterocycles. The largest absolute Gasteiger partial charge is 0.396 e. The van der Waals surface area contributed by atoms with Gasteiger partial charge in [-0.25, -0.2) is 4.98 Å². The van der Waals surface area contributed by atoms with Gasteiger partial charge in [0.2, 0.25) is 0 Å². The molecule has 0 aliphatic carbocycles. The van der Waals surface area contributed by atoms with Crippen LogP contribution in [0.3, 0.4) is 0 Å². The average Bonchev–Trinajstić information content (AvgIpc) is 2.38. The number of aromatic nitrogens is 1. The van der Waals surface area contributed by atoms with Crippen molar-refractivity contribution in [2.45, 2.75) is 27.3 Å². The van der Waals surface area contributed by atoms with Gasteiger partial charge in [-0.3, -0.25) is 0 Å². The molecule has 21 heavy (non-hydrogen) atoms. The monoisotopic (exact) mass is 284 g/mol. The van der Waals surface area contributed by atoms with Gasteiger partial charge < -0.3 is 16.0 Å². The normalized spacial score (nSPS) is 10.5. The molecule has 1 heterocycles. The van der Waals surface area contributed by atoms with Crippen molar-refractivity contribution in [3.05, 3.63) is 46.5 Å². The van der Waals surface area contributed by atoms with E-state index in [2.05, 4.69) is 43.2 Å². The fraction of sp³-hybridized carbons (Fsp3) is 0.353. The van der Waals surface area contributed by atoms with Crippen LogP contribution in [0.2, 0.25) is 0 Å². The zero-order valence-corrected chi connectivity index (χ0v) is 13.5. The molecule has 2 rings (SSSR count). The molecule has 0 saturated heterocycles. The van der Waals surface area contributed by atoms with Crippen LogP contribution in [0.4, 0.5) is 17.3 Å². The Morgan fingerprint density at radius 2 is 1.71 bits per heavy atom. The third kappa shape index (κ3) is 3.45. The van der Waals surface area contributed by atoms with Gasteiger partial charge in [0.25, 0.3) is 0 Å². The first-order valence-corrected chi connectivity index (χ1v) is 7.13. The number of nitrogen functional groups attached to an aromatic ring is 1. The van der Waals surface area contributed by atoms with E-state index >= 15 is 0 Å². The lowest BCUT2D eigenvalue weighted by Crippen LogP contribution is -2.14. The molecule has 1 aromatic heterocycles. The van der Waals surface area contributed by atoms with Gasteiger partial charge in [0, 0.05) is 20.6 Å². The zero-order valence-electron chi connectivity index (χ0n) is 13.5. The lowest BCUT2D eigenvalue weighted by molar-refractivity contribution is 1.03. The molecule has 0 radical (unpaired) electrons. The van der Waals surface area contributed by atoms with Gasteiger partial charge >= 0.3 is 0 Å². The molecule has 0 amide bonds. The third-order valence-corrected chi connectivity index (χ3v) is 3.62. The van der Waals surface area contributed by atoms with Gasteiger partial charge in [0.1, 0.15) is 5.82 Å². The first-order valence-electron chi connectivity index (χ1n) is 7.13. The topological polar surface area (TPSA) is 54.2 Å². The van der Waals surface area contributed by atoms with Crippen LogP contribution in [0.5, 0.6) is 0 Å². The predicted molar refractivity (Wildman–Crippen MR) is 91.0 cm³/mol. The van der Waals surface area contributed by atoms with E-state index in [1.54, 1.807) is 0 Å². The van der Waals surface area contributed by atoms with Gasteiger partial charge in [-0.15, -0.1) is 0 Å². The summed E-state index contributed by atoms with van der Waals surface area (Å²) in [6, 6.07) is 8.23. The minimum atomic E-state index is 0.688. The molecule has 4 nitrogen and oxygen atoms in total. The number of pyridine rings is 1. The number of hydrogen-bond donors (Lipinski definition) is 2. The molecule has 0 atom stereocenters. The molecule has 0 saturated carbocycles. The van der Waals surface area contributed by atoms with Crippen LogP contribution in [0.15, 0.2) is 24.3 Å². The van der Waals surface area contributed by atoms with Crippen LogP contribution in [0, 0.1) is 20.8 Å². The first kappa shape index (κ1) is 15.2. The summed E-state index contributed by atoms with van der Waals surface area (Å²) in [5, 5.41) is 3.39. The first-order chi connectivity index (χ1) is 9.88. The van der Waals surface area contributed by atoms with Crippen LogP contribution in [0.1, 0.15) is 22.3 Å². The highest BCUT2D eigenvalue weighted by atomic mass is 15.2. The Labute approximate surface area is 127 Å². The van der Waals surface area contributed by atoms with Crippen LogP contribution in [-0.2, 0) is 6.54 Å². The number of nitrogens with one attached hydrogen (secondary N) is 1. The summed E-state index contributed by atoms with van der Waals surface area (Å²) in [5.74, 6) is 1.63. The summed E-state index contributed by atoms with van der Waals surface area (Å²) in [4.78, 5) is 6.47. The maximum Gasteiger partial charge on any atom is 0.153 e. The SMILES string of the molecule is Cc1cc(C)c(CNc2ccc(N)c(N(C)C)n2)c(C)c1. The minimum Gasteiger partial charge on any atom is -0.396 e. The van der Waals surface area contributed by atoms with Crippen molar-refractivity contribution in [2.24, 2.45) is 0 Å². The van der Waals surface area contributed by atoms with Gasteiger partial charge in [-0.2, -0.15) is 0 Å². The van der Waals surface area contributed by atoms with E-state index in [0.29, 0.717) is 5.69 Å². The van der Waals surface area contributed by atoms with E-state index < -0.39 is 0 Å². The Hall–Kier alpha value is -2.23. The van der Waals surface area contributed by atoms with Gasteiger partial charge in [0.05, 0.1) is 5.69 Å². The smallest absolute Gasteiger partial charge is 0.153 e. The maximum atomic E-state index is 5.93. The molecule has 4 heteroatoms. The van der Waals surface area contributed by atoms with Crippen molar-refractivity contribution in [2.75, 3.05) is 30.0 Å². The number of hydrogen-bond acceptors (Lipinski definition) is 4. The van der Waals surface area contributed by atoms with Crippen LogP contribution in [0.25, 0.3) is 0 Å². The third-order valence-electron chi connectivity index (χ3n) is 3.62. The molecule has 0 fully saturated rings. The van der Waals surface area contributed by atoms with Crippen molar-refractivity contribution < 1.29 is 0 Å². The van der Waals surface area contributed by atoms with E-state index in [0.717, 1.165) is 18.2 Å². The molecule has 2 aromatic rings. The molecule has 112 valence electrons. The molecule has 0 aliphatic rings. The van der Waals surface area contributed by atoms with Gasteiger partial charge in [-0.1, -0.05) is 17.7 Å². The van der Waals surface area contributed by atoms with Crippen LogP contribution in [-0.4, -0.2) is 19.1 Å². The summed E-state index contributed by atoms with van der Waals surface area (Å²) in [6.45, 7) is 7.20. The predicted octanol–water partition coefficient (Wildman–Crippen LogP) is 3.27. The van der Waals surface area contributed by atoms with Crippen molar-refractivity contribution in [3.8, 4) is 0 Å². The summed E-state index contributed by atoms with van der Waals surface area (Å²) >= 11 is 0. The van der Waals surface area contributed by atoms with Crippen molar-refractivity contribution in [1.82, 2.24) is 4.98 Å². The average molecular weight is 284 g/mol. The van der Waals surface area contributed by atoms with Crippen molar-refractivity contribution >= 4 is 17.3 Å². The second-order valence-corrected chi connectivity index (χ2v) is 5.73. The van der Waals surface area contributed by atoms with Crippen LogP contribution >= 0.6 is 0 Å². The number of benzene rings is 1. The van der Waals surface area contributed by atoms with Crippen molar-refractivity contribution in [3.63, 3.8) is 0 Å². The molecule has 0 unspecified atom stereocenters. The fourth-order valence-corrected chi connectivity index (χ4v) is 2.58. The lowest BCUT2D eigenvalue weighted by Gasteiger charge is -2.17. The maximum absolute atomic E-state index is 5.93. The fourth-order valence-electron chi connectivity index (χ4n) is 2.58. The number of anilines is 3. The highest BCUT2D eigenvalue weighted by Gasteiger charge is 2.07. The van der Waals surface area contributed by atoms with Crippen molar-refractivity contribution in [1.29, 1.82) is 0 Å². The number of nitrogens with two attached hydrogens (primary N) is 1. The zero-order chi connectivity index (χ0) is 15.6. The Balaban J connectivity index is 2.19. The molecule has 0 spiro atoms. The van der Waals surface area contributed by atoms with Gasteiger partial charge in [0.15, 0.2) is 5.82 Å². The molecular formula is C17H24N4. The minimum absolute atomic E-state index is 0.688. The van der Waals surface area contributed by atoms with E-state index in [1.807, 2.05) is 31.1 Å². The van der Waals surface area contributed by atoms with Crippen LogP contribution < -0.4 is 16.0 Å². The highest BCUT2D eigenvalue weighted by molar-refractivity contribution is 5.65. The number of nitrogens with zero attached hydrogens (tertiary/aromatic N) is 2. The quantitative estimate of drug-likeness (QED) is 0.905. The van der Waals surface area contributed by atoms with E-state index in [9.17, 15) is 0 Å². The van der Waals surface area contributed by atoms with Gasteiger partial charge in [-0.05, 0) is 49.6 Å². The summed E-state index contributed by atoms with van der Waals surface area (Å²) < 4.78 is 0. The Morgan fingerprint density at radius 3 is 2.29 bits per heavy atom. The highest BCUT2D eigenvalue weighted by Crippen LogP contribution is 2.22. The Morgan fingerprint density at radius 1 is 1.10 bits per heavy atom. The van der Waals surface area contributed by atoms with E-state index in [4.69, 9.17) is 5.73 Å². The van der Waals surface area contributed by atoms with E-state index in [1.165, 1.54) is 22.3 Å². The lowest BCUT2D eigenvalue weighted by atomic mass is 10.00. The Bertz CT molecular complexity index is 624. The second-order valence-electron chi connectivity index (χ2n) is 5.73.